The number of hydrogen-bond acceptors (Lipinski definition) is 4. The van der Waals surface area contributed by atoms with Crippen molar-refractivity contribution >= 4 is 28.3 Å². The third-order valence-electron chi connectivity index (χ3n) is 4.29. The maximum absolute atomic E-state index is 12.3. The van der Waals surface area contributed by atoms with Crippen LogP contribution in [0, 0.1) is 6.92 Å². The van der Waals surface area contributed by atoms with Crippen LogP contribution in [0.2, 0.25) is 5.22 Å². The van der Waals surface area contributed by atoms with Gasteiger partial charge in [-0.2, -0.15) is 0 Å². The van der Waals surface area contributed by atoms with E-state index in [-0.39, 0.29) is 17.2 Å². The molecule has 2 aromatic carbocycles. The molecule has 0 aliphatic carbocycles. The lowest BCUT2D eigenvalue weighted by Crippen LogP contribution is -2.33. The number of carbonyl (C=O) groups excluding carboxylic acids is 1. The van der Waals surface area contributed by atoms with Gasteiger partial charge in [-0.1, -0.05) is 41.6 Å². The van der Waals surface area contributed by atoms with E-state index in [4.69, 9.17) is 21.9 Å². The predicted molar refractivity (Wildman–Crippen MR) is 98.5 cm³/mol. The molecule has 0 aliphatic heterocycles. The van der Waals surface area contributed by atoms with E-state index in [0.717, 1.165) is 21.9 Å². The number of nitrogens with one attached hydrogen (secondary N) is 1. The van der Waals surface area contributed by atoms with Crippen LogP contribution in [0.4, 0.5) is 0 Å². The van der Waals surface area contributed by atoms with Gasteiger partial charge in [0.25, 0.3) is 0 Å². The van der Waals surface area contributed by atoms with Crippen molar-refractivity contribution in [3.05, 3.63) is 64.5 Å². The van der Waals surface area contributed by atoms with Crippen LogP contribution in [0.3, 0.4) is 0 Å². The number of halogens is 1. The number of rotatable bonds is 6. The zero-order valence-electron chi connectivity index (χ0n) is 14.0. The van der Waals surface area contributed by atoms with E-state index in [1.165, 1.54) is 0 Å². The van der Waals surface area contributed by atoms with Gasteiger partial charge < -0.3 is 15.6 Å². The van der Waals surface area contributed by atoms with Crippen molar-refractivity contribution in [1.29, 1.82) is 0 Å². The molecular weight excluding hydrogens is 338 g/mol. The zero-order chi connectivity index (χ0) is 17.8. The molecule has 0 fully saturated rings. The molecule has 0 saturated heterocycles. The van der Waals surface area contributed by atoms with E-state index in [0.29, 0.717) is 25.1 Å². The number of carbonyl (C=O) groups is 1. The molecule has 1 aromatic heterocycles. The highest BCUT2D eigenvalue weighted by Crippen LogP contribution is 2.22. The molecule has 25 heavy (non-hydrogen) atoms. The van der Waals surface area contributed by atoms with Gasteiger partial charge in [0, 0.05) is 18.5 Å². The molecule has 0 spiro atoms. The van der Waals surface area contributed by atoms with Gasteiger partial charge in [-0.25, -0.2) is 0 Å². The minimum atomic E-state index is -0.226. The van der Waals surface area contributed by atoms with E-state index in [2.05, 4.69) is 22.6 Å². The first-order valence-corrected chi connectivity index (χ1v) is 8.55. The highest BCUT2D eigenvalue weighted by atomic mass is 35.5. The molecule has 130 valence electrons. The second-order valence-corrected chi connectivity index (χ2v) is 6.33. The molecule has 0 bridgehead atoms. The number of amides is 1. The van der Waals surface area contributed by atoms with Gasteiger partial charge in [-0.15, -0.1) is 0 Å². The molecule has 3 rings (SSSR count). The van der Waals surface area contributed by atoms with Crippen molar-refractivity contribution in [2.24, 2.45) is 5.73 Å². The number of aryl methyl sites for hydroxylation is 1. The Hall–Kier alpha value is -2.37. The molecule has 1 amide bonds. The summed E-state index contributed by atoms with van der Waals surface area (Å²) in [6.07, 6.45) is 0.779. The van der Waals surface area contributed by atoms with E-state index in [9.17, 15) is 4.79 Å². The average Bonchev–Trinajstić information content (AvgIpc) is 2.95. The topological polar surface area (TPSA) is 81.2 Å². The first-order valence-electron chi connectivity index (χ1n) is 8.17. The first-order chi connectivity index (χ1) is 12.1. The van der Waals surface area contributed by atoms with Crippen molar-refractivity contribution in [2.75, 3.05) is 6.54 Å². The Balaban J connectivity index is 1.67. The van der Waals surface area contributed by atoms with Crippen LogP contribution in [0.1, 0.15) is 29.3 Å². The normalized spacial score (nSPS) is 12.3. The van der Waals surface area contributed by atoms with Crippen molar-refractivity contribution < 1.29 is 9.32 Å². The zero-order valence-corrected chi connectivity index (χ0v) is 14.7. The maximum atomic E-state index is 12.3. The summed E-state index contributed by atoms with van der Waals surface area (Å²) in [4.78, 5) is 12.3. The predicted octanol–water partition coefficient (Wildman–Crippen LogP) is 3.54. The Kier molecular flexibility index (Phi) is 5.36. The van der Waals surface area contributed by atoms with Crippen LogP contribution >= 0.6 is 11.6 Å². The fraction of sp³-hybridized carbons (Fsp3) is 0.263. The van der Waals surface area contributed by atoms with Gasteiger partial charge in [0.2, 0.25) is 11.1 Å². The number of nitrogens with two attached hydrogens (primary N) is 1. The lowest BCUT2D eigenvalue weighted by Gasteiger charge is -2.18. The summed E-state index contributed by atoms with van der Waals surface area (Å²) in [6.45, 7) is 2.14. The number of fused-ring (bicyclic) bond motifs is 1. The van der Waals surface area contributed by atoms with Gasteiger partial charge in [0.1, 0.15) is 0 Å². The van der Waals surface area contributed by atoms with Crippen molar-refractivity contribution in [3.8, 4) is 0 Å². The third-order valence-corrected chi connectivity index (χ3v) is 4.58. The Bertz CT molecular complexity index is 872. The number of benzene rings is 2. The molecule has 3 aromatic rings. The summed E-state index contributed by atoms with van der Waals surface area (Å²) in [5.41, 5.74) is 8.35. The fourth-order valence-electron chi connectivity index (χ4n) is 2.85. The minimum Gasteiger partial charge on any atom is -0.348 e. The van der Waals surface area contributed by atoms with Crippen LogP contribution in [-0.2, 0) is 11.2 Å². The SMILES string of the molecule is Cc1noc(Cl)c1CCC(=O)NC(CN)c1ccc2ccccc2c1. The summed E-state index contributed by atoms with van der Waals surface area (Å²) in [7, 11) is 0. The average molecular weight is 358 g/mol. The van der Waals surface area contributed by atoms with Gasteiger partial charge in [0.15, 0.2) is 0 Å². The van der Waals surface area contributed by atoms with Crippen LogP contribution in [0.15, 0.2) is 47.0 Å². The quantitative estimate of drug-likeness (QED) is 0.707. The van der Waals surface area contributed by atoms with E-state index in [1.807, 2.05) is 30.3 Å². The van der Waals surface area contributed by atoms with Gasteiger partial charge in [0.05, 0.1) is 11.7 Å². The fourth-order valence-corrected chi connectivity index (χ4v) is 3.11. The molecule has 5 nitrogen and oxygen atoms in total. The molecule has 1 unspecified atom stereocenters. The molecule has 0 aliphatic rings. The highest BCUT2D eigenvalue weighted by molar-refractivity contribution is 6.29. The Morgan fingerprint density at radius 3 is 2.72 bits per heavy atom. The molecule has 6 heteroatoms. The molecule has 1 atom stereocenters. The number of hydrogen-bond donors (Lipinski definition) is 2. The largest absolute Gasteiger partial charge is 0.348 e. The van der Waals surface area contributed by atoms with Gasteiger partial charge in [-0.3, -0.25) is 4.79 Å². The maximum Gasteiger partial charge on any atom is 0.229 e. The third kappa shape index (κ3) is 4.00. The van der Waals surface area contributed by atoms with E-state index < -0.39 is 0 Å². The molecule has 3 N–H and O–H groups in total. The number of aromatic nitrogens is 1. The molecule has 0 radical (unpaired) electrons. The van der Waals surface area contributed by atoms with Crippen LogP contribution in [0.5, 0.6) is 0 Å². The summed E-state index contributed by atoms with van der Waals surface area (Å²) in [5, 5.41) is 9.31. The van der Waals surface area contributed by atoms with E-state index in [1.54, 1.807) is 6.92 Å². The Labute approximate surface area is 151 Å². The summed E-state index contributed by atoms with van der Waals surface area (Å²) in [5.74, 6) is -0.0831. The second-order valence-electron chi connectivity index (χ2n) is 5.98. The molecule has 0 saturated carbocycles. The van der Waals surface area contributed by atoms with Crippen molar-refractivity contribution in [1.82, 2.24) is 10.5 Å². The second kappa shape index (κ2) is 7.68. The van der Waals surface area contributed by atoms with Crippen LogP contribution in [0.25, 0.3) is 10.8 Å². The standard InChI is InChI=1S/C19H20ClN3O2/c1-12-16(19(20)25-23-12)8-9-18(24)22-17(11-21)15-7-6-13-4-2-3-5-14(13)10-15/h2-7,10,17H,8-9,11,21H2,1H3,(H,22,24). The van der Waals surface area contributed by atoms with Crippen LogP contribution in [-0.4, -0.2) is 17.6 Å². The Morgan fingerprint density at radius 1 is 1.28 bits per heavy atom. The smallest absolute Gasteiger partial charge is 0.229 e. The highest BCUT2D eigenvalue weighted by Gasteiger charge is 2.16. The van der Waals surface area contributed by atoms with Crippen molar-refractivity contribution in [3.63, 3.8) is 0 Å². The summed E-state index contributed by atoms with van der Waals surface area (Å²) < 4.78 is 4.90. The molecule has 1 heterocycles. The van der Waals surface area contributed by atoms with E-state index >= 15 is 0 Å². The monoisotopic (exact) mass is 357 g/mol. The summed E-state index contributed by atoms with van der Waals surface area (Å²) in [6, 6.07) is 14.0. The van der Waals surface area contributed by atoms with Gasteiger partial charge >= 0.3 is 0 Å². The minimum absolute atomic E-state index is 0.0831. The van der Waals surface area contributed by atoms with Crippen LogP contribution < -0.4 is 11.1 Å². The first kappa shape index (κ1) is 17.5. The van der Waals surface area contributed by atoms with Crippen molar-refractivity contribution in [2.45, 2.75) is 25.8 Å². The lowest BCUT2D eigenvalue weighted by atomic mass is 10.0. The number of nitrogens with zero attached hydrogens (tertiary/aromatic N) is 1. The summed E-state index contributed by atoms with van der Waals surface area (Å²) >= 11 is 5.93. The Morgan fingerprint density at radius 2 is 2.04 bits per heavy atom. The van der Waals surface area contributed by atoms with Gasteiger partial charge in [-0.05, 0) is 47.3 Å². The molecular formula is C19H20ClN3O2. The lowest BCUT2D eigenvalue weighted by molar-refractivity contribution is -0.121.